The maximum absolute atomic E-state index is 5.99. The molecule has 2 nitrogen and oxygen atoms in total. The molecule has 1 N–H and O–H groups in total. The van der Waals surface area contributed by atoms with Crippen molar-refractivity contribution in [2.45, 2.75) is 64.0 Å². The van der Waals surface area contributed by atoms with Crippen LogP contribution in [0.5, 0.6) is 0 Å². The van der Waals surface area contributed by atoms with Crippen molar-refractivity contribution in [1.82, 2.24) is 5.32 Å². The molecule has 1 aromatic carbocycles. The van der Waals surface area contributed by atoms with Crippen molar-refractivity contribution >= 4 is 0 Å². The van der Waals surface area contributed by atoms with E-state index in [0.29, 0.717) is 12.1 Å². The summed E-state index contributed by atoms with van der Waals surface area (Å²) in [5.74, 6) is 0. The van der Waals surface area contributed by atoms with Crippen LogP contribution in [0.4, 0.5) is 0 Å². The number of aryl methyl sites for hydroxylation is 2. The molecule has 1 fully saturated rings. The average Bonchev–Trinajstić information content (AvgIpc) is 2.95. The second-order valence-electron chi connectivity index (χ2n) is 6.23. The van der Waals surface area contributed by atoms with E-state index in [9.17, 15) is 0 Å². The second-order valence-corrected chi connectivity index (χ2v) is 6.23. The molecule has 0 saturated carbocycles. The summed E-state index contributed by atoms with van der Waals surface area (Å²) in [5, 5.41) is 3.64. The van der Waals surface area contributed by atoms with Crippen molar-refractivity contribution in [3.8, 4) is 0 Å². The van der Waals surface area contributed by atoms with Crippen molar-refractivity contribution in [3.05, 3.63) is 34.9 Å². The zero-order valence-electron chi connectivity index (χ0n) is 12.7. The SMILES string of the molecule is CCNC(Cc1ccc2c(c1)CCC2)C1CCCCO1. The van der Waals surface area contributed by atoms with Crippen molar-refractivity contribution in [2.75, 3.05) is 13.2 Å². The summed E-state index contributed by atoms with van der Waals surface area (Å²) in [4.78, 5) is 0. The van der Waals surface area contributed by atoms with Gasteiger partial charge in [-0.05, 0) is 68.2 Å². The minimum atomic E-state index is 0.400. The molecule has 0 aromatic heterocycles. The lowest BCUT2D eigenvalue weighted by Gasteiger charge is -2.31. The second kappa shape index (κ2) is 6.73. The first-order valence-corrected chi connectivity index (χ1v) is 8.32. The molecule has 1 aromatic rings. The zero-order chi connectivity index (χ0) is 13.8. The van der Waals surface area contributed by atoms with Crippen LogP contribution in [0.2, 0.25) is 0 Å². The smallest absolute Gasteiger partial charge is 0.0731 e. The molecule has 3 rings (SSSR count). The fourth-order valence-electron chi connectivity index (χ4n) is 3.69. The Labute approximate surface area is 122 Å². The summed E-state index contributed by atoms with van der Waals surface area (Å²) in [6.45, 7) is 4.16. The van der Waals surface area contributed by atoms with E-state index in [1.807, 2.05) is 0 Å². The van der Waals surface area contributed by atoms with E-state index < -0.39 is 0 Å². The Morgan fingerprint density at radius 3 is 2.90 bits per heavy atom. The van der Waals surface area contributed by atoms with Crippen molar-refractivity contribution in [1.29, 1.82) is 0 Å². The number of rotatable bonds is 5. The Bertz CT molecular complexity index is 437. The minimum Gasteiger partial charge on any atom is -0.377 e. The molecule has 20 heavy (non-hydrogen) atoms. The molecule has 2 aliphatic rings. The Balaban J connectivity index is 1.68. The molecule has 0 spiro atoms. The standard InChI is InChI=1S/C18H27NO/c1-2-19-17(18-8-3-4-11-20-18)13-14-9-10-15-6-5-7-16(15)12-14/h9-10,12,17-19H,2-8,11,13H2,1H3. The predicted molar refractivity (Wildman–Crippen MR) is 83.2 cm³/mol. The molecule has 0 bridgehead atoms. The summed E-state index contributed by atoms with van der Waals surface area (Å²) in [7, 11) is 0. The Kier molecular flexibility index (Phi) is 4.74. The van der Waals surface area contributed by atoms with Crippen molar-refractivity contribution in [3.63, 3.8) is 0 Å². The molecule has 110 valence electrons. The number of ether oxygens (including phenoxy) is 1. The first kappa shape index (κ1) is 14.1. The van der Waals surface area contributed by atoms with E-state index in [1.54, 1.807) is 11.1 Å². The number of fused-ring (bicyclic) bond motifs is 1. The number of hydrogen-bond donors (Lipinski definition) is 1. The van der Waals surface area contributed by atoms with E-state index in [4.69, 9.17) is 4.74 Å². The predicted octanol–water partition coefficient (Wildman–Crippen LogP) is 3.27. The number of likely N-dealkylation sites (N-methyl/N-ethyl adjacent to an activating group) is 1. The molecule has 1 aliphatic carbocycles. The molecule has 0 radical (unpaired) electrons. The summed E-state index contributed by atoms with van der Waals surface area (Å²) in [5.41, 5.74) is 4.63. The fourth-order valence-corrected chi connectivity index (χ4v) is 3.69. The monoisotopic (exact) mass is 273 g/mol. The van der Waals surface area contributed by atoms with Gasteiger partial charge in [0.1, 0.15) is 0 Å². The van der Waals surface area contributed by atoms with Gasteiger partial charge in [0, 0.05) is 12.6 Å². The molecule has 2 atom stereocenters. The third-order valence-corrected chi connectivity index (χ3v) is 4.75. The highest BCUT2D eigenvalue weighted by atomic mass is 16.5. The zero-order valence-corrected chi connectivity index (χ0v) is 12.7. The maximum Gasteiger partial charge on any atom is 0.0731 e. The molecule has 2 heteroatoms. The summed E-state index contributed by atoms with van der Waals surface area (Å²) >= 11 is 0. The molecule has 1 aliphatic heterocycles. The van der Waals surface area contributed by atoms with Crippen LogP contribution in [-0.2, 0) is 24.0 Å². The van der Waals surface area contributed by atoms with Crippen LogP contribution in [-0.4, -0.2) is 25.3 Å². The van der Waals surface area contributed by atoms with Gasteiger partial charge >= 0.3 is 0 Å². The molecule has 2 unspecified atom stereocenters. The van der Waals surface area contributed by atoms with Crippen LogP contribution in [0, 0.1) is 0 Å². The summed E-state index contributed by atoms with van der Waals surface area (Å²) in [6.07, 6.45) is 9.14. The normalized spacial score (nSPS) is 23.6. The highest BCUT2D eigenvalue weighted by Crippen LogP contribution is 2.25. The fraction of sp³-hybridized carbons (Fsp3) is 0.667. The van der Waals surface area contributed by atoms with Gasteiger partial charge in [-0.1, -0.05) is 25.1 Å². The quantitative estimate of drug-likeness (QED) is 0.889. The summed E-state index contributed by atoms with van der Waals surface area (Å²) in [6, 6.07) is 7.59. The van der Waals surface area contributed by atoms with Gasteiger partial charge < -0.3 is 10.1 Å². The van der Waals surface area contributed by atoms with Gasteiger partial charge in [0.25, 0.3) is 0 Å². The number of benzene rings is 1. The molecular weight excluding hydrogens is 246 g/mol. The van der Waals surface area contributed by atoms with Gasteiger partial charge in [-0.2, -0.15) is 0 Å². The van der Waals surface area contributed by atoms with Crippen LogP contribution in [0.15, 0.2) is 18.2 Å². The van der Waals surface area contributed by atoms with Crippen molar-refractivity contribution < 1.29 is 4.74 Å². The van der Waals surface area contributed by atoms with E-state index in [2.05, 4.69) is 30.4 Å². The lowest BCUT2D eigenvalue weighted by molar-refractivity contribution is -0.00709. The largest absolute Gasteiger partial charge is 0.377 e. The van der Waals surface area contributed by atoms with Crippen LogP contribution in [0.25, 0.3) is 0 Å². The van der Waals surface area contributed by atoms with Gasteiger partial charge in [0.15, 0.2) is 0 Å². The first-order valence-electron chi connectivity index (χ1n) is 8.32. The molecule has 1 saturated heterocycles. The van der Waals surface area contributed by atoms with Crippen LogP contribution in [0.1, 0.15) is 49.3 Å². The van der Waals surface area contributed by atoms with Gasteiger partial charge in [0.2, 0.25) is 0 Å². The number of nitrogens with one attached hydrogen (secondary N) is 1. The van der Waals surface area contributed by atoms with Crippen LogP contribution in [0.3, 0.4) is 0 Å². The Morgan fingerprint density at radius 2 is 2.10 bits per heavy atom. The molecule has 1 heterocycles. The summed E-state index contributed by atoms with van der Waals surface area (Å²) < 4.78 is 5.99. The number of hydrogen-bond acceptors (Lipinski definition) is 2. The van der Waals surface area contributed by atoms with Crippen LogP contribution < -0.4 is 5.32 Å². The lowest BCUT2D eigenvalue weighted by atomic mass is 9.94. The first-order chi connectivity index (χ1) is 9.86. The Hall–Kier alpha value is -0.860. The average molecular weight is 273 g/mol. The highest BCUT2D eigenvalue weighted by Gasteiger charge is 2.24. The van der Waals surface area contributed by atoms with Gasteiger partial charge in [-0.15, -0.1) is 0 Å². The van der Waals surface area contributed by atoms with Gasteiger partial charge in [-0.3, -0.25) is 0 Å². The van der Waals surface area contributed by atoms with E-state index in [0.717, 1.165) is 19.6 Å². The topological polar surface area (TPSA) is 21.3 Å². The maximum atomic E-state index is 5.99. The van der Waals surface area contributed by atoms with E-state index in [1.165, 1.54) is 44.1 Å². The van der Waals surface area contributed by atoms with Crippen LogP contribution >= 0.6 is 0 Å². The van der Waals surface area contributed by atoms with Gasteiger partial charge in [-0.25, -0.2) is 0 Å². The van der Waals surface area contributed by atoms with E-state index in [-0.39, 0.29) is 0 Å². The molecule has 0 amide bonds. The Morgan fingerprint density at radius 1 is 1.20 bits per heavy atom. The molecular formula is C18H27NO. The minimum absolute atomic E-state index is 0.400. The van der Waals surface area contributed by atoms with E-state index >= 15 is 0 Å². The highest BCUT2D eigenvalue weighted by molar-refractivity contribution is 5.35. The third kappa shape index (κ3) is 3.24. The van der Waals surface area contributed by atoms with Gasteiger partial charge in [0.05, 0.1) is 6.10 Å². The third-order valence-electron chi connectivity index (χ3n) is 4.75. The lowest BCUT2D eigenvalue weighted by Crippen LogP contribution is -2.44. The van der Waals surface area contributed by atoms with Crippen molar-refractivity contribution in [2.24, 2.45) is 0 Å².